The summed E-state index contributed by atoms with van der Waals surface area (Å²) in [6.07, 6.45) is 2.18. The molecule has 0 unspecified atom stereocenters. The molecule has 2 aromatic heterocycles. The van der Waals surface area contributed by atoms with Crippen LogP contribution in [0.15, 0.2) is 206 Å². The zero-order valence-corrected chi connectivity index (χ0v) is 29.0. The van der Waals surface area contributed by atoms with E-state index in [0.717, 1.165) is 11.4 Å². The molecule has 2 heterocycles. The molecule has 0 saturated heterocycles. The molecule has 0 bridgehead atoms. The molecule has 1 aliphatic carbocycles. The minimum atomic E-state index is -0.421. The number of hydrogen-bond donors (Lipinski definition) is 0. The van der Waals surface area contributed by atoms with E-state index in [9.17, 15) is 0 Å². The first-order valence-corrected chi connectivity index (χ1v) is 18.3. The molecule has 0 radical (unpaired) electrons. The molecule has 0 amide bonds. The summed E-state index contributed by atoms with van der Waals surface area (Å²) >= 11 is 0. The van der Waals surface area contributed by atoms with Gasteiger partial charge in [0.25, 0.3) is 0 Å². The lowest BCUT2D eigenvalue weighted by Crippen LogP contribution is -2.28. The van der Waals surface area contributed by atoms with Gasteiger partial charge in [0.15, 0.2) is 0 Å². The fourth-order valence-corrected chi connectivity index (χ4v) is 9.12. The first-order valence-electron chi connectivity index (χ1n) is 18.3. The zero-order valence-electron chi connectivity index (χ0n) is 29.0. The molecular weight excluding hydrogens is 641 g/mol. The first-order chi connectivity index (χ1) is 26.3. The summed E-state index contributed by atoms with van der Waals surface area (Å²) in [4.78, 5) is 0. The van der Waals surface area contributed by atoms with Gasteiger partial charge in [-0.2, -0.15) is 0 Å². The van der Waals surface area contributed by atoms with E-state index in [-0.39, 0.29) is 0 Å². The van der Waals surface area contributed by atoms with E-state index >= 15 is 0 Å². The van der Waals surface area contributed by atoms with Gasteiger partial charge in [-0.15, -0.1) is 0 Å². The van der Waals surface area contributed by atoms with Crippen molar-refractivity contribution in [2.45, 2.75) is 5.41 Å². The van der Waals surface area contributed by atoms with Gasteiger partial charge < -0.3 is 9.13 Å². The van der Waals surface area contributed by atoms with Crippen LogP contribution in [0.3, 0.4) is 0 Å². The Morgan fingerprint density at radius 2 is 0.981 bits per heavy atom. The molecule has 0 N–H and O–H groups in total. The molecule has 53 heavy (non-hydrogen) atoms. The van der Waals surface area contributed by atoms with Crippen LogP contribution in [0.5, 0.6) is 0 Å². The zero-order chi connectivity index (χ0) is 34.9. The van der Waals surface area contributed by atoms with Crippen molar-refractivity contribution in [2.24, 2.45) is 0 Å². The average Bonchev–Trinajstić information content (AvgIpc) is 3.89. The number of hydrogen-bond acceptors (Lipinski definition) is 0. The molecule has 0 atom stereocenters. The van der Waals surface area contributed by atoms with Gasteiger partial charge in [-0.05, 0) is 99.1 Å². The monoisotopic (exact) mass is 674 g/mol. The number of nitrogens with zero attached hydrogens (tertiary/aromatic N) is 2. The van der Waals surface area contributed by atoms with Crippen molar-refractivity contribution >= 4 is 32.7 Å². The normalized spacial score (nSPS) is 13.1. The summed E-state index contributed by atoms with van der Waals surface area (Å²) in [5.74, 6) is 0. The van der Waals surface area contributed by atoms with E-state index in [1.165, 1.54) is 77.2 Å². The van der Waals surface area contributed by atoms with E-state index in [1.807, 2.05) is 0 Å². The van der Waals surface area contributed by atoms with Crippen LogP contribution in [0.4, 0.5) is 0 Å². The van der Waals surface area contributed by atoms with Gasteiger partial charge in [0.1, 0.15) is 0 Å². The Kier molecular flexibility index (Phi) is 6.50. The number of fused-ring (bicyclic) bond motifs is 7. The third kappa shape index (κ3) is 4.33. The number of aromatic nitrogens is 2. The molecule has 8 aromatic carbocycles. The van der Waals surface area contributed by atoms with Crippen LogP contribution in [0.25, 0.3) is 66.3 Å². The maximum Gasteiger partial charge on any atom is 0.0713 e. The molecule has 248 valence electrons. The van der Waals surface area contributed by atoms with Gasteiger partial charge in [0, 0.05) is 33.7 Å². The standard InChI is InChI=1S/C51H34N2/c1-4-14-38(15-5-1)51(39-16-6-2-7-17-39)46-22-12-10-20-42(46)43-29-26-36(33-47(43)51)35-24-27-41(28-25-35)53-48-23-13-11-21-44(48)45-32-37-30-31-52(49(37)34-50(45)53)40-18-8-3-9-19-40/h1-34H. The second-order valence-corrected chi connectivity index (χ2v) is 14.1. The van der Waals surface area contributed by atoms with Crippen LogP contribution in [-0.4, -0.2) is 9.13 Å². The molecule has 0 spiro atoms. The van der Waals surface area contributed by atoms with Crippen LogP contribution >= 0.6 is 0 Å². The number of benzene rings is 8. The maximum atomic E-state index is 2.44. The average molecular weight is 675 g/mol. The van der Waals surface area contributed by atoms with E-state index in [1.54, 1.807) is 0 Å². The quantitative estimate of drug-likeness (QED) is 0.172. The van der Waals surface area contributed by atoms with Crippen molar-refractivity contribution < 1.29 is 0 Å². The highest BCUT2D eigenvalue weighted by atomic mass is 15.0. The largest absolute Gasteiger partial charge is 0.316 e. The summed E-state index contributed by atoms with van der Waals surface area (Å²) < 4.78 is 4.71. The van der Waals surface area contributed by atoms with E-state index in [4.69, 9.17) is 0 Å². The van der Waals surface area contributed by atoms with Gasteiger partial charge >= 0.3 is 0 Å². The maximum absolute atomic E-state index is 2.44. The van der Waals surface area contributed by atoms with E-state index < -0.39 is 5.41 Å². The highest BCUT2D eigenvalue weighted by Gasteiger charge is 2.46. The Morgan fingerprint density at radius 1 is 0.358 bits per heavy atom. The van der Waals surface area contributed by atoms with Gasteiger partial charge in [-0.1, -0.05) is 146 Å². The smallest absolute Gasteiger partial charge is 0.0713 e. The molecule has 1 aliphatic rings. The highest BCUT2D eigenvalue weighted by molar-refractivity contribution is 6.13. The van der Waals surface area contributed by atoms with Crippen LogP contribution in [0, 0.1) is 0 Å². The van der Waals surface area contributed by atoms with E-state index in [2.05, 4.69) is 216 Å². The lowest BCUT2D eigenvalue weighted by molar-refractivity contribution is 0.769. The molecule has 2 heteroatoms. The first kappa shape index (κ1) is 29.8. The highest BCUT2D eigenvalue weighted by Crippen LogP contribution is 2.56. The number of para-hydroxylation sites is 2. The van der Waals surface area contributed by atoms with Gasteiger partial charge in [-0.3, -0.25) is 0 Å². The molecule has 0 aliphatic heterocycles. The Balaban J connectivity index is 1.08. The Hall–Kier alpha value is -6.90. The van der Waals surface area contributed by atoms with Crippen molar-refractivity contribution in [1.82, 2.24) is 9.13 Å². The number of rotatable bonds is 5. The minimum Gasteiger partial charge on any atom is -0.316 e. The van der Waals surface area contributed by atoms with Crippen LogP contribution in [0.2, 0.25) is 0 Å². The van der Waals surface area contributed by atoms with Crippen molar-refractivity contribution in [3.8, 4) is 33.6 Å². The van der Waals surface area contributed by atoms with E-state index in [0.29, 0.717) is 0 Å². The van der Waals surface area contributed by atoms with Gasteiger partial charge in [-0.25, -0.2) is 0 Å². The third-order valence-electron chi connectivity index (χ3n) is 11.4. The fraction of sp³-hybridized carbons (Fsp3) is 0.0196. The molecular formula is C51H34N2. The van der Waals surface area contributed by atoms with Crippen LogP contribution < -0.4 is 0 Å². The fourth-order valence-electron chi connectivity index (χ4n) is 9.12. The predicted octanol–water partition coefficient (Wildman–Crippen LogP) is 12.8. The summed E-state index contributed by atoms with van der Waals surface area (Å²) in [6, 6.07) is 73.5. The Morgan fingerprint density at radius 3 is 1.74 bits per heavy atom. The minimum absolute atomic E-state index is 0.421. The van der Waals surface area contributed by atoms with Crippen LogP contribution in [0.1, 0.15) is 22.3 Å². The van der Waals surface area contributed by atoms with Crippen LogP contribution in [-0.2, 0) is 5.41 Å². The third-order valence-corrected chi connectivity index (χ3v) is 11.4. The molecule has 0 fully saturated rings. The molecule has 10 aromatic rings. The molecule has 0 saturated carbocycles. The Bertz CT molecular complexity index is 2930. The molecule has 2 nitrogen and oxygen atoms in total. The predicted molar refractivity (Wildman–Crippen MR) is 220 cm³/mol. The van der Waals surface area contributed by atoms with Crippen molar-refractivity contribution in [3.05, 3.63) is 229 Å². The summed E-state index contributed by atoms with van der Waals surface area (Å²) in [5, 5.41) is 3.76. The topological polar surface area (TPSA) is 9.86 Å². The summed E-state index contributed by atoms with van der Waals surface area (Å²) in [7, 11) is 0. The van der Waals surface area contributed by atoms with Crippen molar-refractivity contribution in [3.63, 3.8) is 0 Å². The van der Waals surface area contributed by atoms with Crippen molar-refractivity contribution in [1.29, 1.82) is 0 Å². The SMILES string of the molecule is c1ccc(-n2ccc3cc4c5ccccc5n(-c5ccc(-c6ccc7c(c6)C(c6ccccc6)(c6ccccc6)c6ccccc6-7)cc5)c4cc32)cc1. The second-order valence-electron chi connectivity index (χ2n) is 14.1. The summed E-state index contributed by atoms with van der Waals surface area (Å²) in [6.45, 7) is 0. The Labute approximate surface area is 308 Å². The van der Waals surface area contributed by atoms with Gasteiger partial charge in [0.2, 0.25) is 0 Å². The second kappa shape index (κ2) is 11.6. The molecule has 11 rings (SSSR count). The van der Waals surface area contributed by atoms with Crippen molar-refractivity contribution in [2.75, 3.05) is 0 Å². The lowest BCUT2D eigenvalue weighted by atomic mass is 9.67. The van der Waals surface area contributed by atoms with Gasteiger partial charge in [0.05, 0.1) is 22.0 Å². The summed E-state index contributed by atoms with van der Waals surface area (Å²) in [5.41, 5.74) is 15.7. The lowest BCUT2D eigenvalue weighted by Gasteiger charge is -2.34.